The van der Waals surface area contributed by atoms with Gasteiger partial charge in [-0.3, -0.25) is 4.55 Å². The fourth-order valence-electron chi connectivity index (χ4n) is 5.71. The quantitative estimate of drug-likeness (QED) is 0.296. The fourth-order valence-corrected chi connectivity index (χ4v) is 6.84. The van der Waals surface area contributed by atoms with Gasteiger partial charge in [-0.25, -0.2) is 4.79 Å². The first-order valence-electron chi connectivity index (χ1n) is 9.31. The molecular weight excluding hydrogens is 652 g/mol. The number of fused-ring (bicyclic) bond motifs is 1. The van der Waals surface area contributed by atoms with Crippen molar-refractivity contribution in [3.05, 3.63) is 19.3 Å². The van der Waals surface area contributed by atoms with Crippen molar-refractivity contribution in [3.8, 4) is 11.5 Å². The molecule has 5 aliphatic rings. The van der Waals surface area contributed by atoms with E-state index in [9.17, 15) is 22.0 Å². The molecule has 4 saturated carbocycles. The van der Waals surface area contributed by atoms with Crippen LogP contribution in [0.1, 0.15) is 32.1 Å². The van der Waals surface area contributed by atoms with E-state index in [4.69, 9.17) is 18.8 Å². The van der Waals surface area contributed by atoms with Gasteiger partial charge in [0.25, 0.3) is 5.79 Å². The number of carbonyl (C=O) groups is 1. The van der Waals surface area contributed by atoms with Gasteiger partial charge in [0.05, 0.1) is 0 Å². The number of carbonyl (C=O) groups excluding carboxylic acids is 1. The van der Waals surface area contributed by atoms with Gasteiger partial charge in [-0.1, -0.05) is 0 Å². The van der Waals surface area contributed by atoms with Crippen LogP contribution in [0.4, 0.5) is 8.78 Å². The van der Waals surface area contributed by atoms with Crippen LogP contribution in [0.5, 0.6) is 11.5 Å². The normalized spacial score (nSPS) is 33.2. The third kappa shape index (κ3) is 2.99. The highest BCUT2D eigenvalue weighted by Crippen LogP contribution is 2.65. The van der Waals surface area contributed by atoms with Crippen LogP contribution >= 0.6 is 45.2 Å². The summed E-state index contributed by atoms with van der Waals surface area (Å²) in [4.78, 5) is 12.0. The minimum absolute atomic E-state index is 0.136. The summed E-state index contributed by atoms with van der Waals surface area (Å²) in [6.45, 7) is 0. The summed E-state index contributed by atoms with van der Waals surface area (Å²) in [6, 6.07) is 3.81. The van der Waals surface area contributed by atoms with E-state index in [1.807, 2.05) is 12.1 Å². The maximum Gasteiger partial charge on any atom is 0.465 e. The number of hydrogen-bond donors (Lipinski definition) is 1. The van der Waals surface area contributed by atoms with Crippen LogP contribution < -0.4 is 9.47 Å². The summed E-state index contributed by atoms with van der Waals surface area (Å²) >= 11 is 4.42. The molecule has 1 N–H and O–H groups in total. The first-order chi connectivity index (χ1) is 13.9. The Balaban J connectivity index is 1.43. The van der Waals surface area contributed by atoms with Crippen molar-refractivity contribution in [2.75, 3.05) is 0 Å². The highest BCUT2D eigenvalue weighted by atomic mass is 127. The Morgan fingerprint density at radius 2 is 1.60 bits per heavy atom. The van der Waals surface area contributed by atoms with Gasteiger partial charge in [-0.15, -0.1) is 0 Å². The predicted octanol–water partition coefficient (Wildman–Crippen LogP) is 3.97. The lowest BCUT2D eigenvalue weighted by Gasteiger charge is -2.61. The molecule has 0 saturated heterocycles. The molecule has 1 aromatic rings. The average Bonchev–Trinajstić information content (AvgIpc) is 2.97. The second-order valence-corrected chi connectivity index (χ2v) is 12.3. The summed E-state index contributed by atoms with van der Waals surface area (Å²) < 4.78 is 78.0. The molecule has 0 radical (unpaired) electrons. The van der Waals surface area contributed by atoms with Crippen molar-refractivity contribution >= 4 is 61.3 Å². The molecule has 164 valence electrons. The third-order valence-corrected chi connectivity index (χ3v) is 10.3. The standard InChI is InChI=1S/C18H16F2I2O7S/c19-18(20,30(24,25)26)15(23)29-16-5-8-1-9(6-16)17(10(2-8)7-16)27-13-3-11(21)12(22)4-14(13)28-17/h3-4,8-10H,1-2,5-7H2,(H,24,25,26). The van der Waals surface area contributed by atoms with Gasteiger partial charge in [-0.2, -0.15) is 17.2 Å². The second-order valence-electron chi connectivity index (χ2n) is 8.55. The third-order valence-electron chi connectivity index (χ3n) is 6.67. The van der Waals surface area contributed by atoms with Crippen LogP contribution in [-0.2, 0) is 19.6 Å². The van der Waals surface area contributed by atoms with Crippen molar-refractivity contribution in [1.29, 1.82) is 0 Å². The molecule has 2 atom stereocenters. The van der Waals surface area contributed by atoms with Crippen molar-refractivity contribution in [2.45, 2.75) is 48.7 Å². The van der Waals surface area contributed by atoms with E-state index >= 15 is 0 Å². The minimum Gasteiger partial charge on any atom is -0.454 e. The summed E-state index contributed by atoms with van der Waals surface area (Å²) in [5.41, 5.74) is -1.21. The summed E-state index contributed by atoms with van der Waals surface area (Å²) in [7, 11) is -5.91. The molecule has 4 bridgehead atoms. The van der Waals surface area contributed by atoms with Gasteiger partial charge in [-0.05, 0) is 95.3 Å². The van der Waals surface area contributed by atoms with Crippen LogP contribution in [0.15, 0.2) is 12.1 Å². The average molecular weight is 668 g/mol. The molecular formula is C18H16F2I2O7S. The number of hydrogen-bond acceptors (Lipinski definition) is 6. The zero-order valence-corrected chi connectivity index (χ0v) is 20.4. The number of halogens is 4. The number of ether oxygens (including phenoxy) is 3. The molecule has 0 aromatic heterocycles. The molecule has 7 nitrogen and oxygen atoms in total. The van der Waals surface area contributed by atoms with Gasteiger partial charge in [0, 0.05) is 19.0 Å². The molecule has 30 heavy (non-hydrogen) atoms. The van der Waals surface area contributed by atoms with Gasteiger partial charge < -0.3 is 14.2 Å². The van der Waals surface area contributed by atoms with E-state index in [0.717, 1.165) is 20.0 Å². The van der Waals surface area contributed by atoms with E-state index in [2.05, 4.69) is 45.2 Å². The van der Waals surface area contributed by atoms with Crippen LogP contribution in [-0.4, -0.2) is 35.6 Å². The van der Waals surface area contributed by atoms with Crippen molar-refractivity contribution in [3.63, 3.8) is 0 Å². The molecule has 0 amide bonds. The zero-order chi connectivity index (χ0) is 21.7. The van der Waals surface area contributed by atoms with Gasteiger partial charge in [0.1, 0.15) is 5.60 Å². The number of alkyl halides is 2. The zero-order valence-electron chi connectivity index (χ0n) is 15.2. The Bertz CT molecular complexity index is 1010. The summed E-state index contributed by atoms with van der Waals surface area (Å²) in [5, 5.41) is -5.00. The monoisotopic (exact) mass is 668 g/mol. The molecule has 1 spiro atoms. The van der Waals surface area contributed by atoms with Crippen LogP contribution in [0, 0.1) is 24.9 Å². The Morgan fingerprint density at radius 1 is 1.10 bits per heavy atom. The first-order valence-corrected chi connectivity index (χ1v) is 12.9. The van der Waals surface area contributed by atoms with Crippen LogP contribution in [0.25, 0.3) is 0 Å². The Morgan fingerprint density at radius 3 is 2.07 bits per heavy atom. The number of esters is 1. The Labute approximate surface area is 198 Å². The SMILES string of the molecule is O=C(OC12CC3CC(C1)C1(Oc4cc(I)c(I)cc4O1)C(C3)C2)C(F)(F)S(=O)(=O)O. The smallest absolute Gasteiger partial charge is 0.454 e. The van der Waals surface area contributed by atoms with Crippen molar-refractivity contribution < 1.29 is 40.8 Å². The maximum absolute atomic E-state index is 13.8. The lowest BCUT2D eigenvalue weighted by molar-refractivity contribution is -0.283. The molecule has 6 rings (SSSR count). The topological polar surface area (TPSA) is 99.1 Å². The highest BCUT2D eigenvalue weighted by Gasteiger charge is 2.69. The summed E-state index contributed by atoms with van der Waals surface area (Å²) in [5.74, 6) is -2.16. The van der Waals surface area contributed by atoms with E-state index in [0.29, 0.717) is 17.9 Å². The van der Waals surface area contributed by atoms with Crippen LogP contribution in [0.3, 0.4) is 0 Å². The first kappa shape index (κ1) is 21.4. The molecule has 4 aliphatic carbocycles. The van der Waals surface area contributed by atoms with E-state index in [-0.39, 0.29) is 30.6 Å². The van der Waals surface area contributed by atoms with Crippen molar-refractivity contribution in [2.24, 2.45) is 17.8 Å². The minimum atomic E-state index is -5.91. The largest absolute Gasteiger partial charge is 0.465 e. The lowest BCUT2D eigenvalue weighted by Crippen LogP contribution is -2.68. The lowest BCUT2D eigenvalue weighted by atomic mass is 9.51. The summed E-state index contributed by atoms with van der Waals surface area (Å²) in [6.07, 6.45) is 2.33. The van der Waals surface area contributed by atoms with Gasteiger partial charge in [0.2, 0.25) is 0 Å². The second kappa shape index (κ2) is 6.53. The molecule has 1 heterocycles. The Hall–Kier alpha value is -0.480. The number of benzene rings is 1. The molecule has 4 fully saturated rings. The van der Waals surface area contributed by atoms with Crippen LogP contribution in [0.2, 0.25) is 0 Å². The van der Waals surface area contributed by atoms with E-state index in [1.54, 1.807) is 0 Å². The Kier molecular flexibility index (Phi) is 4.65. The molecule has 2 unspecified atom stereocenters. The van der Waals surface area contributed by atoms with E-state index in [1.165, 1.54) is 0 Å². The highest BCUT2D eigenvalue weighted by molar-refractivity contribution is 14.1. The molecule has 1 aliphatic heterocycles. The predicted molar refractivity (Wildman–Crippen MR) is 115 cm³/mol. The fraction of sp³-hybridized carbons (Fsp3) is 0.611. The van der Waals surface area contributed by atoms with Crippen molar-refractivity contribution in [1.82, 2.24) is 0 Å². The molecule has 1 aromatic carbocycles. The van der Waals surface area contributed by atoms with Gasteiger partial charge >= 0.3 is 21.3 Å². The maximum atomic E-state index is 13.8. The molecule has 12 heteroatoms. The van der Waals surface area contributed by atoms with E-state index < -0.39 is 32.7 Å². The van der Waals surface area contributed by atoms with Gasteiger partial charge in [0.15, 0.2) is 11.5 Å². The number of rotatable bonds is 3.